The van der Waals surface area contributed by atoms with E-state index in [0.717, 1.165) is 30.2 Å². The Morgan fingerprint density at radius 2 is 1.95 bits per heavy atom. The van der Waals surface area contributed by atoms with Crippen LogP contribution in [0, 0.1) is 5.41 Å². The van der Waals surface area contributed by atoms with Crippen LogP contribution in [0.25, 0.3) is 0 Å². The van der Waals surface area contributed by atoms with Crippen LogP contribution >= 0.6 is 11.3 Å². The van der Waals surface area contributed by atoms with E-state index in [0.29, 0.717) is 16.9 Å². The molecule has 4 nitrogen and oxygen atoms in total. The Morgan fingerprint density at radius 1 is 1.24 bits per heavy atom. The summed E-state index contributed by atoms with van der Waals surface area (Å²) in [4.78, 5) is 18.8. The van der Waals surface area contributed by atoms with Gasteiger partial charge in [0.15, 0.2) is 11.4 Å². The quantitative estimate of drug-likeness (QED) is 0.796. The number of piperidine rings is 1. The van der Waals surface area contributed by atoms with Crippen LogP contribution in [0.15, 0.2) is 0 Å². The van der Waals surface area contributed by atoms with Crippen molar-refractivity contribution >= 4 is 22.8 Å². The van der Waals surface area contributed by atoms with Crippen LogP contribution in [-0.4, -0.2) is 31.5 Å². The largest absolute Gasteiger partial charge is 0.378 e. The van der Waals surface area contributed by atoms with Crippen molar-refractivity contribution in [3.8, 4) is 0 Å². The summed E-state index contributed by atoms with van der Waals surface area (Å²) in [5.74, 6) is 0. The Balaban J connectivity index is 1.67. The van der Waals surface area contributed by atoms with E-state index in [9.17, 15) is 4.79 Å². The Morgan fingerprint density at radius 3 is 2.57 bits per heavy atom. The molecule has 0 N–H and O–H groups in total. The van der Waals surface area contributed by atoms with Crippen LogP contribution in [0.5, 0.6) is 0 Å². The summed E-state index contributed by atoms with van der Waals surface area (Å²) >= 11 is 1.51. The number of rotatable bonds is 4. The maximum absolute atomic E-state index is 11.1. The molecular formula is C16H24N2O2S. The number of carbonyl (C=O) groups excluding carboxylic acids is 1. The third-order valence-electron chi connectivity index (χ3n) is 5.11. The van der Waals surface area contributed by atoms with Gasteiger partial charge in [0.25, 0.3) is 0 Å². The molecule has 0 atom stereocenters. The molecule has 0 amide bonds. The van der Waals surface area contributed by atoms with E-state index < -0.39 is 0 Å². The lowest BCUT2D eigenvalue weighted by Crippen LogP contribution is -2.41. The van der Waals surface area contributed by atoms with Crippen LogP contribution < -0.4 is 4.90 Å². The van der Waals surface area contributed by atoms with Gasteiger partial charge < -0.3 is 9.64 Å². The molecule has 5 heteroatoms. The number of aromatic nitrogens is 1. The lowest BCUT2D eigenvalue weighted by Gasteiger charge is -2.44. The molecule has 3 rings (SSSR count). The first-order valence-corrected chi connectivity index (χ1v) is 8.77. The van der Waals surface area contributed by atoms with E-state index in [4.69, 9.17) is 4.74 Å². The molecule has 1 saturated heterocycles. The number of carbonyl (C=O) groups is 1. The van der Waals surface area contributed by atoms with Crippen molar-refractivity contribution in [1.82, 2.24) is 4.98 Å². The molecule has 1 spiro atoms. The second kappa shape index (κ2) is 6.44. The number of hydrogen-bond donors (Lipinski definition) is 0. The van der Waals surface area contributed by atoms with Gasteiger partial charge in [-0.2, -0.15) is 0 Å². The number of ether oxygens (including phenoxy) is 1. The molecule has 1 aromatic heterocycles. The summed E-state index contributed by atoms with van der Waals surface area (Å²) in [7, 11) is 1.64. The predicted molar refractivity (Wildman–Crippen MR) is 85.2 cm³/mol. The average Bonchev–Trinajstić information content (AvgIpc) is 2.92. The summed E-state index contributed by atoms with van der Waals surface area (Å²) in [5.41, 5.74) is 1.39. The number of hydrogen-bond acceptors (Lipinski definition) is 5. The first-order chi connectivity index (χ1) is 10.3. The summed E-state index contributed by atoms with van der Waals surface area (Å²) in [6.07, 6.45) is 10.5. The Hall–Kier alpha value is -0.940. The number of aldehydes is 1. The van der Waals surface area contributed by atoms with E-state index in [1.54, 1.807) is 7.11 Å². The molecule has 1 aliphatic carbocycles. The number of nitrogens with zero attached hydrogens (tertiary/aromatic N) is 2. The number of thiazole rings is 1. The third-order valence-corrected chi connectivity index (χ3v) is 6.20. The minimum absolute atomic E-state index is 0.419. The fourth-order valence-electron chi connectivity index (χ4n) is 3.79. The van der Waals surface area contributed by atoms with Gasteiger partial charge in [0, 0.05) is 20.2 Å². The highest BCUT2D eigenvalue weighted by Crippen LogP contribution is 2.45. The van der Waals surface area contributed by atoms with Gasteiger partial charge in [0.1, 0.15) is 0 Å². The van der Waals surface area contributed by atoms with Crippen molar-refractivity contribution < 1.29 is 9.53 Å². The van der Waals surface area contributed by atoms with Crippen molar-refractivity contribution in [2.75, 3.05) is 25.1 Å². The molecule has 2 fully saturated rings. The fraction of sp³-hybridized carbons (Fsp3) is 0.750. The van der Waals surface area contributed by atoms with Gasteiger partial charge in [-0.05, 0) is 31.1 Å². The lowest BCUT2D eigenvalue weighted by molar-refractivity contribution is 0.112. The third kappa shape index (κ3) is 3.14. The molecule has 0 unspecified atom stereocenters. The van der Waals surface area contributed by atoms with E-state index in [2.05, 4.69) is 9.88 Å². The number of anilines is 1. The summed E-state index contributed by atoms with van der Waals surface area (Å²) in [6.45, 7) is 2.58. The highest BCUT2D eigenvalue weighted by molar-refractivity contribution is 7.17. The zero-order chi connectivity index (χ0) is 14.7. The first kappa shape index (κ1) is 15.0. The second-order valence-corrected chi connectivity index (χ2v) is 7.42. The normalized spacial score (nSPS) is 21.7. The molecular weight excluding hydrogens is 284 g/mol. The van der Waals surface area contributed by atoms with Crippen molar-refractivity contribution in [3.05, 3.63) is 10.6 Å². The topological polar surface area (TPSA) is 42.4 Å². The molecule has 21 heavy (non-hydrogen) atoms. The van der Waals surface area contributed by atoms with Crippen LogP contribution in [0.2, 0.25) is 0 Å². The van der Waals surface area contributed by atoms with Gasteiger partial charge in [-0.3, -0.25) is 4.79 Å². The van der Waals surface area contributed by atoms with Gasteiger partial charge in [0.2, 0.25) is 0 Å². The van der Waals surface area contributed by atoms with Crippen LogP contribution in [0.3, 0.4) is 0 Å². The Labute approximate surface area is 130 Å². The zero-order valence-corrected chi connectivity index (χ0v) is 13.6. The van der Waals surface area contributed by atoms with Gasteiger partial charge in [0.05, 0.1) is 17.2 Å². The predicted octanol–water partition coefficient (Wildman–Crippen LogP) is 3.65. The van der Waals surface area contributed by atoms with Crippen molar-refractivity contribution in [3.63, 3.8) is 0 Å². The van der Waals surface area contributed by atoms with E-state index in [-0.39, 0.29) is 0 Å². The van der Waals surface area contributed by atoms with Crippen LogP contribution in [-0.2, 0) is 11.3 Å². The molecule has 0 aromatic carbocycles. The van der Waals surface area contributed by atoms with Crippen molar-refractivity contribution in [2.24, 2.45) is 5.41 Å². The molecule has 2 heterocycles. The first-order valence-electron chi connectivity index (χ1n) is 7.95. The van der Waals surface area contributed by atoms with Gasteiger partial charge in [-0.15, -0.1) is 0 Å². The number of methoxy groups -OCH3 is 1. The molecule has 0 bridgehead atoms. The average molecular weight is 308 g/mol. The monoisotopic (exact) mass is 308 g/mol. The van der Waals surface area contributed by atoms with Gasteiger partial charge in [-0.1, -0.05) is 30.6 Å². The van der Waals surface area contributed by atoms with E-state index in [1.807, 2.05) is 0 Å². The van der Waals surface area contributed by atoms with Crippen molar-refractivity contribution in [1.29, 1.82) is 0 Å². The van der Waals surface area contributed by atoms with Gasteiger partial charge >= 0.3 is 0 Å². The molecule has 0 radical (unpaired) electrons. The van der Waals surface area contributed by atoms with Crippen molar-refractivity contribution in [2.45, 2.75) is 51.6 Å². The van der Waals surface area contributed by atoms with E-state index >= 15 is 0 Å². The standard InChI is InChI=1S/C16H24N2O2S/c1-20-12-13-14(11-19)21-15(17-13)18-9-7-16(8-10-18)5-3-2-4-6-16/h11H,2-10,12H2,1H3. The second-order valence-electron chi connectivity index (χ2n) is 6.41. The van der Waals surface area contributed by atoms with E-state index in [1.165, 1.54) is 56.3 Å². The summed E-state index contributed by atoms with van der Waals surface area (Å²) in [6, 6.07) is 0. The minimum Gasteiger partial charge on any atom is -0.378 e. The lowest BCUT2D eigenvalue weighted by atomic mass is 9.68. The molecule has 1 aromatic rings. The zero-order valence-electron chi connectivity index (χ0n) is 12.8. The Bertz CT molecular complexity index is 484. The fourth-order valence-corrected chi connectivity index (χ4v) is 4.73. The highest BCUT2D eigenvalue weighted by atomic mass is 32.1. The maximum atomic E-state index is 11.1. The smallest absolute Gasteiger partial charge is 0.186 e. The molecule has 116 valence electrons. The van der Waals surface area contributed by atoms with Crippen LogP contribution in [0.4, 0.5) is 5.13 Å². The van der Waals surface area contributed by atoms with Crippen LogP contribution in [0.1, 0.15) is 60.3 Å². The Kier molecular flexibility index (Phi) is 4.60. The highest BCUT2D eigenvalue weighted by Gasteiger charge is 2.36. The summed E-state index contributed by atoms with van der Waals surface area (Å²) < 4.78 is 5.13. The molecule has 1 saturated carbocycles. The minimum atomic E-state index is 0.419. The summed E-state index contributed by atoms with van der Waals surface area (Å²) in [5, 5.41) is 0.995. The molecule has 2 aliphatic rings. The SMILES string of the molecule is COCc1nc(N2CCC3(CCCCC3)CC2)sc1C=O. The molecule has 1 aliphatic heterocycles. The maximum Gasteiger partial charge on any atom is 0.186 e. The van der Waals surface area contributed by atoms with Gasteiger partial charge in [-0.25, -0.2) is 4.98 Å².